The van der Waals surface area contributed by atoms with Crippen LogP contribution in [0.1, 0.15) is 6.42 Å². The van der Waals surface area contributed by atoms with Crippen molar-refractivity contribution in [1.29, 1.82) is 0 Å². The lowest BCUT2D eigenvalue weighted by molar-refractivity contribution is -0.119. The number of hydrogen-bond acceptors (Lipinski definition) is 6. The molecular weight excluding hydrogens is 602 g/mol. The molecule has 0 saturated heterocycles. The molecule has 45 heavy (non-hydrogen) atoms. The van der Waals surface area contributed by atoms with Crippen LogP contribution in [0.4, 0.5) is 0 Å². The minimum atomic E-state index is -3.17. The quantitative estimate of drug-likeness (QED) is 0.152. The molecule has 0 aliphatic heterocycles. The molecule has 0 bridgehead atoms. The molecule has 0 aromatic heterocycles. The number of nitrogens with zero attached hydrogens (tertiary/aromatic N) is 1. The van der Waals surface area contributed by atoms with Crippen molar-refractivity contribution >= 4 is 47.3 Å². The maximum absolute atomic E-state index is 14.2. The van der Waals surface area contributed by atoms with E-state index in [1.807, 2.05) is 121 Å². The van der Waals surface area contributed by atoms with Crippen LogP contribution in [-0.4, -0.2) is 68.3 Å². The molecule has 0 radical (unpaired) electrons. The summed E-state index contributed by atoms with van der Waals surface area (Å²) < 4.78 is 28.4. The van der Waals surface area contributed by atoms with E-state index in [2.05, 4.69) is 15.5 Å². The summed E-state index contributed by atoms with van der Waals surface area (Å²) in [6.07, 6.45) is 0.516. The molecule has 236 valence electrons. The van der Waals surface area contributed by atoms with Gasteiger partial charge in [0, 0.05) is 47.4 Å². The molecule has 0 aliphatic carbocycles. The van der Waals surface area contributed by atoms with Crippen LogP contribution in [0.5, 0.6) is 0 Å². The highest BCUT2D eigenvalue weighted by Crippen LogP contribution is 2.43. The first-order valence-electron chi connectivity index (χ1n) is 15.2. The van der Waals surface area contributed by atoms with E-state index in [-0.39, 0.29) is 24.1 Å². The molecule has 2 amide bonds. The zero-order valence-electron chi connectivity index (χ0n) is 25.5. The van der Waals surface area contributed by atoms with Crippen LogP contribution in [-0.2, 0) is 18.7 Å². The van der Waals surface area contributed by atoms with Crippen molar-refractivity contribution in [2.24, 2.45) is 5.73 Å². The molecule has 4 aromatic rings. The Labute approximate surface area is 266 Å². The lowest BCUT2D eigenvalue weighted by Gasteiger charge is -2.24. The average molecular weight is 645 g/mol. The molecule has 0 fully saturated rings. The molecule has 4 aromatic carbocycles. The number of nitrogens with one attached hydrogen (secondary N) is 2. The van der Waals surface area contributed by atoms with Gasteiger partial charge in [0.25, 0.3) is 0 Å². The van der Waals surface area contributed by atoms with Gasteiger partial charge in [-0.25, -0.2) is 0 Å². The molecule has 0 spiro atoms. The summed E-state index contributed by atoms with van der Waals surface area (Å²) in [5.74, 6) is -0.564. The first-order valence-corrected chi connectivity index (χ1v) is 19.0. The molecule has 10 heteroatoms. The average Bonchev–Trinajstić information content (AvgIpc) is 3.08. The van der Waals surface area contributed by atoms with Crippen molar-refractivity contribution in [1.82, 2.24) is 15.5 Å². The Bertz CT molecular complexity index is 1390. The molecule has 4 N–H and O–H groups in total. The molecule has 4 rings (SSSR count). The van der Waals surface area contributed by atoms with Gasteiger partial charge in [-0.1, -0.05) is 121 Å². The smallest absolute Gasteiger partial charge is 0.228 e. The number of carbonyl (C=O) groups is 2. The Morgan fingerprint density at radius 3 is 1.13 bits per heavy atom. The van der Waals surface area contributed by atoms with Crippen molar-refractivity contribution in [3.8, 4) is 0 Å². The largest absolute Gasteiger partial charge is 0.354 e. The van der Waals surface area contributed by atoms with E-state index in [4.69, 9.17) is 5.73 Å². The van der Waals surface area contributed by atoms with E-state index in [9.17, 15) is 18.7 Å². The van der Waals surface area contributed by atoms with Gasteiger partial charge in [0.1, 0.15) is 0 Å². The van der Waals surface area contributed by atoms with Gasteiger partial charge in [0.15, 0.2) is 14.3 Å². The van der Waals surface area contributed by atoms with Gasteiger partial charge in [-0.15, -0.1) is 0 Å². The van der Waals surface area contributed by atoms with Crippen LogP contribution in [0.15, 0.2) is 121 Å². The van der Waals surface area contributed by atoms with E-state index < -0.39 is 14.3 Å². The van der Waals surface area contributed by atoms with E-state index in [1.54, 1.807) is 0 Å². The predicted molar refractivity (Wildman–Crippen MR) is 185 cm³/mol. The Morgan fingerprint density at radius 1 is 0.533 bits per heavy atom. The summed E-state index contributed by atoms with van der Waals surface area (Å²) in [6.45, 7) is 3.01. The Balaban J connectivity index is 1.32. The number of amides is 2. The van der Waals surface area contributed by atoms with Crippen LogP contribution in [0.25, 0.3) is 0 Å². The maximum atomic E-state index is 14.2. The second kappa shape index (κ2) is 17.0. The summed E-state index contributed by atoms with van der Waals surface area (Å²) in [6, 6.07) is 36.6. The first kappa shape index (κ1) is 34.1. The van der Waals surface area contributed by atoms with Crippen molar-refractivity contribution in [2.75, 3.05) is 51.6 Å². The van der Waals surface area contributed by atoms with E-state index in [1.165, 1.54) is 0 Å². The Kier molecular flexibility index (Phi) is 12.9. The van der Waals surface area contributed by atoms with Crippen molar-refractivity contribution in [3.63, 3.8) is 0 Å². The highest BCUT2D eigenvalue weighted by Gasteiger charge is 2.31. The van der Waals surface area contributed by atoms with Crippen LogP contribution < -0.4 is 37.6 Å². The van der Waals surface area contributed by atoms with Gasteiger partial charge < -0.3 is 25.5 Å². The maximum Gasteiger partial charge on any atom is 0.228 e. The Hall–Kier alpha value is -3.80. The highest BCUT2D eigenvalue weighted by atomic mass is 31.2. The number of nitrogens with two attached hydrogens (primary N) is 1. The molecule has 0 aliphatic rings. The van der Waals surface area contributed by atoms with Gasteiger partial charge in [-0.05, 0) is 19.5 Å². The topological polar surface area (TPSA) is 122 Å². The summed E-state index contributed by atoms with van der Waals surface area (Å²) >= 11 is 0. The van der Waals surface area contributed by atoms with Gasteiger partial charge in [0.05, 0.1) is 12.3 Å². The van der Waals surface area contributed by atoms with Crippen molar-refractivity contribution < 1.29 is 18.7 Å². The zero-order valence-corrected chi connectivity index (χ0v) is 27.3. The van der Waals surface area contributed by atoms with E-state index >= 15 is 0 Å². The lowest BCUT2D eigenvalue weighted by atomic mass is 10.3. The molecule has 0 heterocycles. The molecule has 8 nitrogen and oxygen atoms in total. The number of carbonyl (C=O) groups excluding carboxylic acids is 2. The van der Waals surface area contributed by atoms with E-state index in [0.717, 1.165) is 6.42 Å². The van der Waals surface area contributed by atoms with Gasteiger partial charge >= 0.3 is 0 Å². The minimum absolute atomic E-state index is 0.122. The number of hydrogen-bond donors (Lipinski definition) is 3. The lowest BCUT2D eigenvalue weighted by Crippen LogP contribution is -2.42. The van der Waals surface area contributed by atoms with Gasteiger partial charge in [-0.2, -0.15) is 0 Å². The fraction of sp³-hybridized carbons (Fsp3) is 0.257. The fourth-order valence-corrected chi connectivity index (χ4v) is 10.2. The van der Waals surface area contributed by atoms with Crippen LogP contribution in [0.3, 0.4) is 0 Å². The first-order chi connectivity index (χ1) is 21.8. The summed E-state index contributed by atoms with van der Waals surface area (Å²) in [5, 5.41) is 8.48. The third-order valence-electron chi connectivity index (χ3n) is 7.60. The Morgan fingerprint density at radius 2 is 0.844 bits per heavy atom. The summed E-state index contributed by atoms with van der Waals surface area (Å²) in [5.41, 5.74) is 5.76. The SMILES string of the molecule is NCCCN(CCNC(=O)CP(=O)(c1ccccc1)c1ccccc1)CCNC(=O)CP(=O)(c1ccccc1)c1ccccc1. The second-order valence-electron chi connectivity index (χ2n) is 10.8. The van der Waals surface area contributed by atoms with Gasteiger partial charge in [-0.3, -0.25) is 14.5 Å². The zero-order chi connectivity index (χ0) is 32.0. The number of benzene rings is 4. The second-order valence-corrected chi connectivity index (χ2v) is 16.5. The molecule has 0 unspecified atom stereocenters. The predicted octanol–water partition coefficient (Wildman–Crippen LogP) is 2.90. The van der Waals surface area contributed by atoms with Crippen molar-refractivity contribution in [3.05, 3.63) is 121 Å². The van der Waals surface area contributed by atoms with E-state index in [0.29, 0.717) is 60.5 Å². The summed E-state index contributed by atoms with van der Waals surface area (Å²) in [7, 11) is -6.33. The van der Waals surface area contributed by atoms with Gasteiger partial charge in [0.2, 0.25) is 11.8 Å². The number of rotatable bonds is 17. The van der Waals surface area contributed by atoms with Crippen molar-refractivity contribution in [2.45, 2.75) is 6.42 Å². The van der Waals surface area contributed by atoms with Crippen LogP contribution >= 0.6 is 14.3 Å². The standard InChI is InChI=1S/C35H42N4O4P2/c36-22-13-25-39(26-23-37-34(40)28-44(42,30-14-5-1-6-15-30)31-16-7-2-8-17-31)27-24-38-35(41)29-45(43,32-18-9-3-10-19-32)33-20-11-4-12-21-33/h1-12,14-21H,13,22-29,36H2,(H,37,40)(H,38,41). The highest BCUT2D eigenvalue weighted by molar-refractivity contribution is 7.79. The van der Waals surface area contributed by atoms with Crippen LogP contribution in [0.2, 0.25) is 0 Å². The fourth-order valence-electron chi connectivity index (χ4n) is 5.21. The monoisotopic (exact) mass is 644 g/mol. The molecule has 0 atom stereocenters. The minimum Gasteiger partial charge on any atom is -0.354 e. The summed E-state index contributed by atoms with van der Waals surface area (Å²) in [4.78, 5) is 28.3. The normalized spacial score (nSPS) is 11.7. The molecular formula is C35H42N4O4P2. The third kappa shape index (κ3) is 9.59. The molecule has 0 saturated carbocycles. The third-order valence-corrected chi connectivity index (χ3v) is 13.6. The van der Waals surface area contributed by atoms with Crippen LogP contribution in [0, 0.1) is 0 Å².